The normalized spacial score (nSPS) is 18.4. The van der Waals surface area contributed by atoms with Crippen LogP contribution in [0.5, 0.6) is 17.2 Å². The van der Waals surface area contributed by atoms with Crippen molar-refractivity contribution >= 4 is 33.2 Å². The first-order valence-corrected chi connectivity index (χ1v) is 10.9. The highest BCUT2D eigenvalue weighted by Crippen LogP contribution is 2.39. The van der Waals surface area contributed by atoms with Gasteiger partial charge in [0, 0.05) is 28.8 Å². The average molecular weight is 502 g/mol. The topological polar surface area (TPSA) is 63.1 Å². The number of halogens is 2. The van der Waals surface area contributed by atoms with E-state index in [9.17, 15) is 5.11 Å². The fourth-order valence-electron chi connectivity index (χ4n) is 3.73. The van der Waals surface area contributed by atoms with E-state index in [4.69, 9.17) is 26.1 Å². The van der Waals surface area contributed by atoms with E-state index in [1.54, 1.807) is 20.3 Å². The van der Waals surface area contributed by atoms with Crippen molar-refractivity contribution in [3.63, 3.8) is 0 Å². The van der Waals surface area contributed by atoms with E-state index >= 15 is 0 Å². The maximum Gasteiger partial charge on any atom is 0.162 e. The zero-order valence-corrected chi connectivity index (χ0v) is 19.4. The molecule has 3 aromatic carbocycles. The third-order valence-electron chi connectivity index (χ3n) is 5.34. The van der Waals surface area contributed by atoms with Gasteiger partial charge >= 0.3 is 0 Å². The van der Waals surface area contributed by atoms with E-state index in [1.807, 2.05) is 54.6 Å². The van der Waals surface area contributed by atoms with Crippen molar-refractivity contribution in [2.24, 2.45) is 4.99 Å². The quantitative estimate of drug-likeness (QED) is 0.447. The molecule has 0 spiro atoms. The first-order chi connectivity index (χ1) is 15.0. The second-order valence-electron chi connectivity index (χ2n) is 7.20. The minimum Gasteiger partial charge on any atom is -0.504 e. The Balaban J connectivity index is 1.77. The molecule has 0 aromatic heterocycles. The van der Waals surface area contributed by atoms with Gasteiger partial charge in [-0.1, -0.05) is 41.9 Å². The van der Waals surface area contributed by atoms with Gasteiger partial charge in [-0.3, -0.25) is 10.3 Å². The number of methoxy groups -OCH3 is 2. The second-order valence-corrected chi connectivity index (χ2v) is 8.49. The second kappa shape index (κ2) is 9.30. The summed E-state index contributed by atoms with van der Waals surface area (Å²) in [5.41, 5.74) is 3.67. The number of aliphatic imine (C=N–C) groups is 1. The van der Waals surface area contributed by atoms with Crippen molar-refractivity contribution in [2.45, 2.75) is 18.6 Å². The van der Waals surface area contributed by atoms with Crippen LogP contribution < -0.4 is 14.8 Å². The van der Waals surface area contributed by atoms with Gasteiger partial charge < -0.3 is 14.6 Å². The number of hydrogen-bond acceptors (Lipinski definition) is 5. The molecule has 1 heterocycles. The van der Waals surface area contributed by atoms with E-state index in [-0.39, 0.29) is 18.0 Å². The Morgan fingerprint density at radius 1 is 1.03 bits per heavy atom. The Hall–Kier alpha value is -2.54. The van der Waals surface area contributed by atoms with Crippen molar-refractivity contribution in [1.82, 2.24) is 5.32 Å². The van der Waals surface area contributed by atoms with Gasteiger partial charge in [-0.25, -0.2) is 0 Å². The van der Waals surface area contributed by atoms with E-state index in [0.29, 0.717) is 17.2 Å². The summed E-state index contributed by atoms with van der Waals surface area (Å²) in [6, 6.07) is 18.9. The van der Waals surface area contributed by atoms with Gasteiger partial charge in [-0.05, 0) is 57.4 Å². The smallest absolute Gasteiger partial charge is 0.162 e. The number of hydrogen-bond donors (Lipinski definition) is 2. The van der Waals surface area contributed by atoms with E-state index < -0.39 is 0 Å². The highest BCUT2D eigenvalue weighted by atomic mass is 79.9. The Labute approximate surface area is 194 Å². The van der Waals surface area contributed by atoms with Crippen molar-refractivity contribution in [1.29, 1.82) is 0 Å². The molecule has 2 atom stereocenters. The van der Waals surface area contributed by atoms with E-state index in [2.05, 4.69) is 21.2 Å². The van der Waals surface area contributed by atoms with E-state index in [0.717, 1.165) is 32.6 Å². The molecule has 4 rings (SSSR count). The number of nitrogens with one attached hydrogen (secondary N) is 1. The number of phenolic OH excluding ortho intramolecular Hbond substituents is 1. The average Bonchev–Trinajstić information content (AvgIpc) is 2.79. The Morgan fingerprint density at radius 3 is 2.45 bits per heavy atom. The summed E-state index contributed by atoms with van der Waals surface area (Å²) in [6.45, 7) is 0. The molecule has 0 bridgehead atoms. The maximum absolute atomic E-state index is 10.8. The maximum atomic E-state index is 10.8. The molecule has 3 aromatic rings. The van der Waals surface area contributed by atoms with Crippen molar-refractivity contribution in [3.8, 4) is 17.2 Å². The van der Waals surface area contributed by atoms with Gasteiger partial charge in [0.2, 0.25) is 0 Å². The lowest BCUT2D eigenvalue weighted by atomic mass is 9.93. The molecule has 0 fully saturated rings. The summed E-state index contributed by atoms with van der Waals surface area (Å²) in [7, 11) is 3.18. The summed E-state index contributed by atoms with van der Waals surface area (Å²) in [4.78, 5) is 4.98. The molecular weight excluding hydrogens is 480 g/mol. The molecule has 31 heavy (non-hydrogen) atoms. The number of para-hydroxylation sites is 1. The van der Waals surface area contributed by atoms with E-state index in [1.165, 1.54) is 0 Å². The van der Waals surface area contributed by atoms with Gasteiger partial charge in [0.15, 0.2) is 11.5 Å². The van der Waals surface area contributed by atoms with Crippen LogP contribution in [0.15, 0.2) is 70.1 Å². The molecule has 5 nitrogen and oxygen atoms in total. The van der Waals surface area contributed by atoms with Gasteiger partial charge in [0.1, 0.15) is 11.9 Å². The zero-order chi connectivity index (χ0) is 22.0. The highest BCUT2D eigenvalue weighted by Gasteiger charge is 2.28. The number of nitrogens with zero attached hydrogens (tertiary/aromatic N) is 1. The lowest BCUT2D eigenvalue weighted by molar-refractivity contribution is 0.360. The lowest BCUT2D eigenvalue weighted by Gasteiger charge is -2.31. The molecule has 0 saturated carbocycles. The van der Waals surface area contributed by atoms with Gasteiger partial charge in [0.05, 0.1) is 18.7 Å². The van der Waals surface area contributed by atoms with Crippen LogP contribution in [0.2, 0.25) is 5.02 Å². The largest absolute Gasteiger partial charge is 0.504 e. The van der Waals surface area contributed by atoms with Crippen LogP contribution in [-0.4, -0.2) is 25.0 Å². The van der Waals surface area contributed by atoms with Crippen LogP contribution in [0.4, 0.5) is 0 Å². The molecule has 0 aliphatic carbocycles. The third kappa shape index (κ3) is 4.56. The van der Waals surface area contributed by atoms with Crippen molar-refractivity contribution < 1.29 is 14.6 Å². The first-order valence-electron chi connectivity index (χ1n) is 9.78. The molecule has 2 N–H and O–H groups in total. The van der Waals surface area contributed by atoms with Crippen LogP contribution in [-0.2, 0) is 0 Å². The summed E-state index contributed by atoms with van der Waals surface area (Å²) < 4.78 is 11.5. The lowest BCUT2D eigenvalue weighted by Crippen LogP contribution is -2.33. The molecule has 160 valence electrons. The third-order valence-corrected chi connectivity index (χ3v) is 6.21. The summed E-state index contributed by atoms with van der Waals surface area (Å²) in [5.74, 6) is 1.33. The van der Waals surface area contributed by atoms with Gasteiger partial charge in [-0.15, -0.1) is 0 Å². The van der Waals surface area contributed by atoms with Crippen LogP contribution in [0, 0.1) is 0 Å². The number of phenols is 1. The zero-order valence-electron chi connectivity index (χ0n) is 17.1. The predicted molar refractivity (Wildman–Crippen MR) is 127 cm³/mol. The van der Waals surface area contributed by atoms with Gasteiger partial charge in [0.25, 0.3) is 0 Å². The van der Waals surface area contributed by atoms with Crippen molar-refractivity contribution in [2.75, 3.05) is 14.2 Å². The van der Waals surface area contributed by atoms with Crippen LogP contribution in [0.3, 0.4) is 0 Å². The fraction of sp³-hybridized carbons (Fsp3) is 0.208. The number of rotatable bonds is 5. The van der Waals surface area contributed by atoms with Crippen LogP contribution in [0.1, 0.15) is 35.3 Å². The molecule has 0 amide bonds. The molecule has 0 radical (unpaired) electrons. The number of benzene rings is 3. The predicted octanol–water partition coefficient (Wildman–Crippen LogP) is 6.05. The van der Waals surface area contributed by atoms with Crippen LogP contribution in [0.25, 0.3) is 0 Å². The van der Waals surface area contributed by atoms with Gasteiger partial charge in [-0.2, -0.15) is 0 Å². The summed E-state index contributed by atoms with van der Waals surface area (Å²) in [6.07, 6.45) is 0.299. The molecule has 1 aliphatic rings. The van der Waals surface area contributed by atoms with Crippen molar-refractivity contribution in [3.05, 3.63) is 86.8 Å². The highest BCUT2D eigenvalue weighted by molar-refractivity contribution is 9.10. The molecule has 7 heteroatoms. The molecule has 0 saturated heterocycles. The first kappa shape index (κ1) is 21.7. The molecule has 0 unspecified atom stereocenters. The Morgan fingerprint density at radius 2 is 1.77 bits per heavy atom. The summed E-state index contributed by atoms with van der Waals surface area (Å²) >= 11 is 9.64. The summed E-state index contributed by atoms with van der Waals surface area (Å²) in [5, 5.41) is 15.0. The number of aromatic hydroxyl groups is 1. The molecule has 1 aliphatic heterocycles. The SMILES string of the molecule is COc1ccc([C@@H]2N=C(c3ccc(Cl)cc3)C[C@H](c3cccc(OC)c3O)N2)cc1Br. The minimum atomic E-state index is -0.308. The standard InChI is InChI=1S/C24H22BrClN2O3/c1-30-21-11-8-15(12-18(21)25)24-27-19(14-6-9-16(26)10-7-14)13-20(28-24)17-4-3-5-22(31-2)23(17)29/h3-12,20,24,28-29H,13H2,1-2H3/t20-,24-/m1/s1. The minimum absolute atomic E-state index is 0.134. The monoisotopic (exact) mass is 500 g/mol. The fourth-order valence-corrected chi connectivity index (χ4v) is 4.42. The Kier molecular flexibility index (Phi) is 6.51. The Bertz CT molecular complexity index is 1120. The van der Waals surface area contributed by atoms with Crippen LogP contribution >= 0.6 is 27.5 Å². The number of ether oxygens (including phenoxy) is 2. The molecular formula is C24H22BrClN2O3.